The van der Waals surface area contributed by atoms with Gasteiger partial charge < -0.3 is 15.4 Å². The molecule has 4 rings (SSSR count). The van der Waals surface area contributed by atoms with Gasteiger partial charge in [-0.1, -0.05) is 54.8 Å². The number of halogens is 1. The highest BCUT2D eigenvalue weighted by Crippen LogP contribution is 2.31. The molecule has 1 aliphatic rings. The second kappa shape index (κ2) is 12.0. The van der Waals surface area contributed by atoms with Crippen LogP contribution in [0.15, 0.2) is 77.5 Å². The van der Waals surface area contributed by atoms with Gasteiger partial charge in [-0.05, 0) is 68.3 Å². The highest BCUT2D eigenvalue weighted by molar-refractivity contribution is 6.53. The molecule has 3 aromatic carbocycles. The molecule has 1 heterocycles. The summed E-state index contributed by atoms with van der Waals surface area (Å²) in [5.74, 6) is -2.11. The highest BCUT2D eigenvalue weighted by atomic mass is 35.5. The minimum absolute atomic E-state index is 0.0720. The van der Waals surface area contributed by atoms with E-state index < -0.39 is 23.7 Å². The van der Waals surface area contributed by atoms with Crippen LogP contribution in [0.5, 0.6) is 0 Å². The van der Waals surface area contributed by atoms with Crippen molar-refractivity contribution in [1.82, 2.24) is 0 Å². The van der Waals surface area contributed by atoms with Crippen molar-refractivity contribution in [2.45, 2.75) is 33.6 Å². The zero-order chi connectivity index (χ0) is 28.1. The van der Waals surface area contributed by atoms with E-state index in [9.17, 15) is 19.2 Å². The molecular weight excluding hydrogens is 518 g/mol. The molecule has 0 saturated carbocycles. The number of hydrogen-bond acceptors (Lipinski definition) is 6. The van der Waals surface area contributed by atoms with Crippen molar-refractivity contribution in [2.75, 3.05) is 22.1 Å². The normalized spacial score (nSPS) is 13.1. The topological polar surface area (TPSA) is 105 Å². The Morgan fingerprint density at radius 3 is 2.38 bits per heavy atom. The van der Waals surface area contributed by atoms with Crippen LogP contribution in [-0.4, -0.2) is 30.3 Å². The molecule has 0 unspecified atom stereocenters. The average Bonchev–Trinajstić information content (AvgIpc) is 3.13. The van der Waals surface area contributed by atoms with Gasteiger partial charge in [0.2, 0.25) is 0 Å². The molecule has 0 aliphatic carbocycles. The molecule has 0 radical (unpaired) electrons. The van der Waals surface area contributed by atoms with E-state index in [0.29, 0.717) is 34.8 Å². The third-order valence-electron chi connectivity index (χ3n) is 6.17. The van der Waals surface area contributed by atoms with Gasteiger partial charge >= 0.3 is 5.97 Å². The molecule has 0 aromatic heterocycles. The lowest BCUT2D eigenvalue weighted by Crippen LogP contribution is -2.32. The van der Waals surface area contributed by atoms with Crippen LogP contribution in [0.4, 0.5) is 17.1 Å². The molecule has 0 bridgehead atoms. The number of rotatable bonds is 9. The van der Waals surface area contributed by atoms with Gasteiger partial charge in [-0.3, -0.25) is 14.4 Å². The molecule has 0 saturated heterocycles. The zero-order valence-corrected chi connectivity index (χ0v) is 22.6. The molecule has 2 N–H and O–H groups in total. The van der Waals surface area contributed by atoms with Crippen LogP contribution < -0.4 is 15.5 Å². The maximum atomic E-state index is 13.1. The Labute approximate surface area is 231 Å². The van der Waals surface area contributed by atoms with E-state index in [2.05, 4.69) is 10.6 Å². The molecule has 0 spiro atoms. The monoisotopic (exact) mass is 545 g/mol. The summed E-state index contributed by atoms with van der Waals surface area (Å²) in [4.78, 5) is 52.2. The van der Waals surface area contributed by atoms with E-state index in [0.717, 1.165) is 28.9 Å². The van der Waals surface area contributed by atoms with Crippen LogP contribution in [-0.2, 0) is 14.3 Å². The predicted octanol–water partition coefficient (Wildman–Crippen LogP) is 5.95. The number of ether oxygens (including phenoxy) is 1. The number of unbranched alkanes of at least 4 members (excludes halogenated alkanes) is 1. The van der Waals surface area contributed by atoms with E-state index in [4.69, 9.17) is 16.3 Å². The molecule has 39 heavy (non-hydrogen) atoms. The Morgan fingerprint density at radius 2 is 1.67 bits per heavy atom. The first kappa shape index (κ1) is 27.6. The molecule has 8 nitrogen and oxygen atoms in total. The van der Waals surface area contributed by atoms with Gasteiger partial charge in [0.25, 0.3) is 17.7 Å². The summed E-state index contributed by atoms with van der Waals surface area (Å²) in [5, 5.41) is 5.49. The van der Waals surface area contributed by atoms with Gasteiger partial charge in [0.15, 0.2) is 0 Å². The van der Waals surface area contributed by atoms with Crippen LogP contribution in [0, 0.1) is 13.8 Å². The maximum absolute atomic E-state index is 13.1. The molecule has 200 valence electrons. The van der Waals surface area contributed by atoms with Gasteiger partial charge in [0, 0.05) is 16.9 Å². The Bertz CT molecular complexity index is 1480. The summed E-state index contributed by atoms with van der Waals surface area (Å²) in [7, 11) is 0. The van der Waals surface area contributed by atoms with Gasteiger partial charge in [-0.15, -0.1) is 0 Å². The Kier molecular flexibility index (Phi) is 8.46. The minimum atomic E-state index is -0.632. The number of benzene rings is 3. The standard InChI is InChI=1S/C30H28ClN3O5/c1-4-5-15-39-30(38)21-7-6-8-22(16-21)32-27(35)20-12-11-19(3)24(17-20)33-26-25(31)28(36)34(29(26)37)23-13-9-18(2)10-14-23/h6-14,16-17,33H,4-5,15H2,1-3H3,(H,32,35). The van der Waals surface area contributed by atoms with E-state index in [1.54, 1.807) is 73.7 Å². The fourth-order valence-electron chi connectivity index (χ4n) is 3.89. The first-order valence-electron chi connectivity index (χ1n) is 12.5. The number of anilines is 3. The number of esters is 1. The van der Waals surface area contributed by atoms with Crippen molar-refractivity contribution < 1.29 is 23.9 Å². The van der Waals surface area contributed by atoms with Crippen LogP contribution >= 0.6 is 11.6 Å². The second-order valence-corrected chi connectivity index (χ2v) is 9.53. The lowest BCUT2D eigenvalue weighted by Gasteiger charge is -2.16. The number of nitrogens with one attached hydrogen (secondary N) is 2. The summed E-state index contributed by atoms with van der Waals surface area (Å²) >= 11 is 6.28. The highest BCUT2D eigenvalue weighted by Gasteiger charge is 2.39. The third kappa shape index (κ3) is 6.18. The van der Waals surface area contributed by atoms with E-state index in [1.165, 1.54) is 0 Å². The Morgan fingerprint density at radius 1 is 0.923 bits per heavy atom. The van der Waals surface area contributed by atoms with E-state index in [1.807, 2.05) is 13.8 Å². The summed E-state index contributed by atoms with van der Waals surface area (Å²) in [6.07, 6.45) is 1.69. The summed E-state index contributed by atoms with van der Waals surface area (Å²) < 4.78 is 5.24. The van der Waals surface area contributed by atoms with Crippen LogP contribution in [0.1, 0.15) is 51.6 Å². The van der Waals surface area contributed by atoms with E-state index in [-0.39, 0.29) is 10.7 Å². The maximum Gasteiger partial charge on any atom is 0.338 e. The molecule has 1 aliphatic heterocycles. The van der Waals surface area contributed by atoms with Crippen molar-refractivity contribution in [3.8, 4) is 0 Å². The number of imide groups is 1. The molecule has 9 heteroatoms. The first-order chi connectivity index (χ1) is 18.7. The Balaban J connectivity index is 1.50. The van der Waals surface area contributed by atoms with Crippen LogP contribution in [0.25, 0.3) is 0 Å². The molecular formula is C30H28ClN3O5. The largest absolute Gasteiger partial charge is 0.462 e. The number of carbonyl (C=O) groups excluding carboxylic acids is 4. The van der Waals surface area contributed by atoms with Gasteiger partial charge in [-0.25, -0.2) is 9.69 Å². The number of aryl methyl sites for hydroxylation is 2. The average molecular weight is 546 g/mol. The quantitative estimate of drug-likeness (QED) is 0.196. The lowest BCUT2D eigenvalue weighted by atomic mass is 10.1. The number of carbonyl (C=O) groups is 4. The second-order valence-electron chi connectivity index (χ2n) is 9.15. The van der Waals surface area contributed by atoms with Crippen molar-refractivity contribution in [3.05, 3.63) is 99.7 Å². The van der Waals surface area contributed by atoms with Gasteiger partial charge in [0.05, 0.1) is 17.9 Å². The fraction of sp³-hybridized carbons (Fsp3) is 0.200. The zero-order valence-electron chi connectivity index (χ0n) is 21.8. The number of amides is 3. The SMILES string of the molecule is CCCCOC(=O)c1cccc(NC(=O)c2ccc(C)c(NC3=C(Cl)C(=O)N(c4ccc(C)cc4)C3=O)c2)c1. The number of nitrogens with zero attached hydrogens (tertiary/aromatic N) is 1. The molecule has 3 amide bonds. The molecule has 0 fully saturated rings. The van der Waals surface area contributed by atoms with Crippen molar-refractivity contribution in [2.24, 2.45) is 0 Å². The van der Waals surface area contributed by atoms with Gasteiger partial charge in [0.1, 0.15) is 10.7 Å². The van der Waals surface area contributed by atoms with E-state index >= 15 is 0 Å². The molecule has 0 atom stereocenters. The minimum Gasteiger partial charge on any atom is -0.462 e. The third-order valence-corrected chi connectivity index (χ3v) is 6.52. The predicted molar refractivity (Wildman–Crippen MR) is 151 cm³/mol. The fourth-order valence-corrected chi connectivity index (χ4v) is 4.10. The van der Waals surface area contributed by atoms with Crippen molar-refractivity contribution >= 4 is 52.4 Å². The smallest absolute Gasteiger partial charge is 0.338 e. The number of hydrogen-bond donors (Lipinski definition) is 2. The molecule has 3 aromatic rings. The van der Waals surface area contributed by atoms with Crippen molar-refractivity contribution in [1.29, 1.82) is 0 Å². The summed E-state index contributed by atoms with van der Waals surface area (Å²) in [6.45, 7) is 6.04. The van der Waals surface area contributed by atoms with Crippen LogP contribution in [0.3, 0.4) is 0 Å². The lowest BCUT2D eigenvalue weighted by molar-refractivity contribution is -0.120. The first-order valence-corrected chi connectivity index (χ1v) is 12.9. The van der Waals surface area contributed by atoms with Crippen LogP contribution in [0.2, 0.25) is 0 Å². The van der Waals surface area contributed by atoms with Crippen molar-refractivity contribution in [3.63, 3.8) is 0 Å². The summed E-state index contributed by atoms with van der Waals surface area (Å²) in [5.41, 5.74) is 3.55. The van der Waals surface area contributed by atoms with Gasteiger partial charge in [-0.2, -0.15) is 0 Å². The Hall–Kier alpha value is -4.43. The summed E-state index contributed by atoms with van der Waals surface area (Å²) in [6, 6.07) is 18.4.